The van der Waals surface area contributed by atoms with Gasteiger partial charge in [0.1, 0.15) is 5.69 Å². The maximum atomic E-state index is 12.6. The van der Waals surface area contributed by atoms with Crippen LogP contribution in [0.4, 0.5) is 0 Å². The zero-order chi connectivity index (χ0) is 15.7. The van der Waals surface area contributed by atoms with Crippen molar-refractivity contribution in [1.29, 1.82) is 0 Å². The van der Waals surface area contributed by atoms with Crippen LogP contribution in [0.5, 0.6) is 5.75 Å². The van der Waals surface area contributed by atoms with Crippen LogP contribution in [0.1, 0.15) is 28.7 Å². The molecule has 0 amide bonds. The highest BCUT2D eigenvalue weighted by Gasteiger charge is 2.23. The molecule has 0 radical (unpaired) electrons. The molecular weight excluding hydrogens is 324 g/mol. The highest BCUT2D eigenvalue weighted by atomic mass is 35.5. The molecule has 0 bridgehead atoms. The van der Waals surface area contributed by atoms with Gasteiger partial charge in [-0.05, 0) is 18.2 Å². The molecule has 0 aliphatic rings. The lowest BCUT2D eigenvalue weighted by Crippen LogP contribution is -2.09. The lowest BCUT2D eigenvalue weighted by molar-refractivity contribution is -0.133. The molecule has 3 aromatic rings. The van der Waals surface area contributed by atoms with Gasteiger partial charge in [-0.15, -0.1) is 11.3 Å². The van der Waals surface area contributed by atoms with Crippen LogP contribution in [-0.2, 0) is 4.79 Å². The minimum atomic E-state index is -0.417. The van der Waals surface area contributed by atoms with E-state index in [4.69, 9.17) is 16.3 Å². The summed E-state index contributed by atoms with van der Waals surface area (Å²) in [5.41, 5.74) is 2.48. The molecular formula is C15H11ClN2O3S. The van der Waals surface area contributed by atoms with Crippen LogP contribution >= 0.6 is 22.9 Å². The monoisotopic (exact) mass is 334 g/mol. The Kier molecular flexibility index (Phi) is 3.96. The predicted molar refractivity (Wildman–Crippen MR) is 84.8 cm³/mol. The molecule has 0 aliphatic carbocycles. The minimum absolute atomic E-state index is 0.210. The highest BCUT2D eigenvalue weighted by Crippen LogP contribution is 2.34. The van der Waals surface area contributed by atoms with Gasteiger partial charge in [0, 0.05) is 28.5 Å². The van der Waals surface area contributed by atoms with Gasteiger partial charge in [0.25, 0.3) is 0 Å². The van der Waals surface area contributed by atoms with Gasteiger partial charge in [-0.1, -0.05) is 18.5 Å². The smallest absolute Gasteiger partial charge is 0.310 e. The normalized spacial score (nSPS) is 10.8. The summed E-state index contributed by atoms with van der Waals surface area (Å²) in [5, 5.41) is 1.10. The Morgan fingerprint density at radius 1 is 1.41 bits per heavy atom. The molecule has 0 aliphatic heterocycles. The summed E-state index contributed by atoms with van der Waals surface area (Å²) < 4.78 is 5.36. The first-order valence-electron chi connectivity index (χ1n) is 6.55. The number of fused-ring (bicyclic) bond motifs is 1. The second kappa shape index (κ2) is 5.90. The predicted octanol–water partition coefficient (Wildman–Crippen LogP) is 3.82. The molecule has 0 fully saturated rings. The summed E-state index contributed by atoms with van der Waals surface area (Å²) in [4.78, 5) is 31.6. The number of carbonyl (C=O) groups excluding carboxylic acids is 2. The molecule has 2 heterocycles. The van der Waals surface area contributed by atoms with Gasteiger partial charge in [0.2, 0.25) is 5.78 Å². The van der Waals surface area contributed by atoms with Crippen LogP contribution in [0.2, 0.25) is 5.02 Å². The first-order valence-corrected chi connectivity index (χ1v) is 7.81. The molecule has 7 heteroatoms. The second-order valence-corrected chi connectivity index (χ2v) is 5.86. The molecule has 2 aromatic heterocycles. The van der Waals surface area contributed by atoms with Crippen molar-refractivity contribution in [2.45, 2.75) is 13.3 Å². The van der Waals surface area contributed by atoms with E-state index in [1.54, 1.807) is 30.6 Å². The van der Waals surface area contributed by atoms with Crippen LogP contribution in [0.3, 0.4) is 0 Å². The molecule has 0 atom stereocenters. The summed E-state index contributed by atoms with van der Waals surface area (Å²) in [6.07, 6.45) is 1.69. The first kappa shape index (κ1) is 14.7. The number of aromatic amines is 1. The number of nitrogens with zero attached hydrogens (tertiary/aromatic N) is 1. The van der Waals surface area contributed by atoms with Crippen LogP contribution in [-0.4, -0.2) is 21.7 Å². The molecule has 5 nitrogen and oxygen atoms in total. The third-order valence-corrected chi connectivity index (χ3v) is 4.11. The van der Waals surface area contributed by atoms with Gasteiger partial charge in [0.05, 0.1) is 10.4 Å². The number of rotatable bonds is 4. The van der Waals surface area contributed by atoms with Gasteiger partial charge < -0.3 is 9.72 Å². The summed E-state index contributed by atoms with van der Waals surface area (Å²) in [5.74, 6) is -0.476. The minimum Gasteiger partial charge on any atom is -0.423 e. The van der Waals surface area contributed by atoms with Crippen molar-refractivity contribution < 1.29 is 14.3 Å². The Hall–Kier alpha value is -2.18. The number of halogens is 1. The van der Waals surface area contributed by atoms with Crippen LogP contribution in [0.25, 0.3) is 10.9 Å². The molecule has 22 heavy (non-hydrogen) atoms. The summed E-state index contributed by atoms with van der Waals surface area (Å²) >= 11 is 7.23. The number of nitrogens with one attached hydrogen (secondary N) is 1. The van der Waals surface area contributed by atoms with Crippen molar-refractivity contribution in [2.24, 2.45) is 0 Å². The number of hydrogen-bond acceptors (Lipinski definition) is 5. The number of esters is 1. The Morgan fingerprint density at radius 2 is 2.23 bits per heavy atom. The Labute approximate surface area is 134 Å². The van der Waals surface area contributed by atoms with E-state index in [1.807, 2.05) is 0 Å². The number of carbonyl (C=O) groups is 2. The third-order valence-electron chi connectivity index (χ3n) is 3.10. The molecule has 0 saturated heterocycles. The van der Waals surface area contributed by atoms with E-state index in [9.17, 15) is 9.59 Å². The van der Waals surface area contributed by atoms with Crippen LogP contribution in [0.15, 0.2) is 29.9 Å². The van der Waals surface area contributed by atoms with E-state index in [0.717, 1.165) is 0 Å². The van der Waals surface area contributed by atoms with Gasteiger partial charge in [-0.25, -0.2) is 0 Å². The van der Waals surface area contributed by atoms with Crippen molar-refractivity contribution in [3.63, 3.8) is 0 Å². The highest BCUT2D eigenvalue weighted by molar-refractivity contribution is 7.11. The molecule has 0 unspecified atom stereocenters. The Balaban J connectivity index is 2.17. The van der Waals surface area contributed by atoms with Gasteiger partial charge in [-0.3, -0.25) is 14.6 Å². The topological polar surface area (TPSA) is 72.1 Å². The zero-order valence-corrected chi connectivity index (χ0v) is 13.1. The standard InChI is InChI=1S/C15H11ClN2O3S/c1-2-12(19)21-15-9-5-8(16)3-4-10(9)18-13(15)14(20)11-6-17-7-22-11/h3-7,18H,2H2,1H3. The number of aromatic nitrogens is 2. The number of benzene rings is 1. The fraction of sp³-hybridized carbons (Fsp3) is 0.133. The fourth-order valence-corrected chi connectivity index (χ4v) is 2.78. The molecule has 1 aromatic carbocycles. The van der Waals surface area contributed by atoms with E-state index in [2.05, 4.69) is 9.97 Å². The maximum Gasteiger partial charge on any atom is 0.310 e. The van der Waals surface area contributed by atoms with E-state index in [1.165, 1.54) is 17.5 Å². The van der Waals surface area contributed by atoms with E-state index in [0.29, 0.717) is 20.8 Å². The molecule has 0 saturated carbocycles. The summed E-state index contributed by atoms with van der Waals surface area (Å²) in [6.45, 7) is 1.69. The average Bonchev–Trinajstić information content (AvgIpc) is 3.15. The lowest BCUT2D eigenvalue weighted by Gasteiger charge is -2.04. The van der Waals surface area contributed by atoms with Gasteiger partial charge in [-0.2, -0.15) is 0 Å². The van der Waals surface area contributed by atoms with Crippen LogP contribution in [0, 0.1) is 0 Å². The van der Waals surface area contributed by atoms with Crippen LogP contribution < -0.4 is 4.74 Å². The fourth-order valence-electron chi connectivity index (χ4n) is 2.04. The van der Waals surface area contributed by atoms with Gasteiger partial charge >= 0.3 is 5.97 Å². The number of thiazole rings is 1. The molecule has 112 valence electrons. The Morgan fingerprint density at radius 3 is 2.91 bits per heavy atom. The number of ether oxygens (including phenoxy) is 1. The largest absolute Gasteiger partial charge is 0.423 e. The van der Waals surface area contributed by atoms with Crippen molar-refractivity contribution >= 4 is 45.6 Å². The van der Waals surface area contributed by atoms with Crippen molar-refractivity contribution in [2.75, 3.05) is 0 Å². The average molecular weight is 335 g/mol. The molecule has 0 spiro atoms. The number of ketones is 1. The quantitative estimate of drug-likeness (QED) is 0.581. The van der Waals surface area contributed by atoms with Crippen molar-refractivity contribution in [3.05, 3.63) is 45.5 Å². The van der Waals surface area contributed by atoms with E-state index < -0.39 is 5.97 Å². The third kappa shape index (κ3) is 2.63. The zero-order valence-electron chi connectivity index (χ0n) is 11.6. The molecule has 1 N–H and O–H groups in total. The van der Waals surface area contributed by atoms with Gasteiger partial charge in [0.15, 0.2) is 5.75 Å². The first-order chi connectivity index (χ1) is 10.6. The number of H-pyrrole nitrogens is 1. The summed E-state index contributed by atoms with van der Waals surface area (Å²) in [7, 11) is 0. The van der Waals surface area contributed by atoms with E-state index in [-0.39, 0.29) is 23.6 Å². The maximum absolute atomic E-state index is 12.6. The van der Waals surface area contributed by atoms with E-state index >= 15 is 0 Å². The van der Waals surface area contributed by atoms with Crippen molar-refractivity contribution in [3.8, 4) is 5.75 Å². The Bertz CT molecular complexity index is 855. The second-order valence-electron chi connectivity index (χ2n) is 4.54. The summed E-state index contributed by atoms with van der Waals surface area (Å²) in [6, 6.07) is 5.10. The number of hydrogen-bond donors (Lipinski definition) is 1. The molecule has 3 rings (SSSR count). The van der Waals surface area contributed by atoms with Crippen molar-refractivity contribution in [1.82, 2.24) is 9.97 Å². The lowest BCUT2D eigenvalue weighted by atomic mass is 10.2. The SMILES string of the molecule is CCC(=O)Oc1c(C(=O)c2cncs2)[nH]c2ccc(Cl)cc12.